The Hall–Kier alpha value is -4.44. The number of benzene rings is 3. The maximum Gasteiger partial charge on any atom is 0.161 e. The Morgan fingerprint density at radius 2 is 1.44 bits per heavy atom. The Morgan fingerprint density at radius 1 is 0.639 bits per heavy atom. The van der Waals surface area contributed by atoms with Crippen LogP contribution in [-0.2, 0) is 5.41 Å². The third kappa shape index (κ3) is 3.14. The molecular formula is C32H24N2O2. The Labute approximate surface area is 208 Å². The highest BCUT2D eigenvalue weighted by molar-refractivity contribution is 6.13. The number of furan rings is 2. The van der Waals surface area contributed by atoms with Crippen LogP contribution in [-0.4, -0.2) is 9.97 Å². The van der Waals surface area contributed by atoms with Crippen LogP contribution in [0, 0.1) is 0 Å². The van der Waals surface area contributed by atoms with Crippen molar-refractivity contribution in [1.82, 2.24) is 9.97 Å². The molecule has 0 aliphatic carbocycles. The van der Waals surface area contributed by atoms with E-state index < -0.39 is 0 Å². The van der Waals surface area contributed by atoms with Crippen LogP contribution < -0.4 is 0 Å². The zero-order valence-electron chi connectivity index (χ0n) is 20.4. The average Bonchev–Trinajstić information content (AvgIpc) is 3.46. The summed E-state index contributed by atoms with van der Waals surface area (Å²) in [5, 5.41) is 4.33. The van der Waals surface area contributed by atoms with Crippen LogP contribution in [0.4, 0.5) is 0 Å². The lowest BCUT2D eigenvalue weighted by molar-refractivity contribution is 0.569. The van der Waals surface area contributed by atoms with Gasteiger partial charge in [-0.1, -0.05) is 63.2 Å². The van der Waals surface area contributed by atoms with Gasteiger partial charge in [-0.3, -0.25) is 4.98 Å². The molecule has 36 heavy (non-hydrogen) atoms. The summed E-state index contributed by atoms with van der Waals surface area (Å²) in [5.41, 5.74) is 7.86. The SMILES string of the molecule is CC(C)(C)c1cc2c(oc3c(-c4ccccn4)cccc32)c(-c2ccc3c(c2)oc2ccccc23)n1. The molecule has 0 radical (unpaired) electrons. The van der Waals surface area contributed by atoms with Crippen molar-refractivity contribution in [3.05, 3.63) is 96.8 Å². The summed E-state index contributed by atoms with van der Waals surface area (Å²) in [6.45, 7) is 6.57. The molecule has 0 unspecified atom stereocenters. The van der Waals surface area contributed by atoms with E-state index in [4.69, 9.17) is 13.8 Å². The van der Waals surface area contributed by atoms with Crippen LogP contribution in [0.1, 0.15) is 26.5 Å². The van der Waals surface area contributed by atoms with Crippen molar-refractivity contribution in [1.29, 1.82) is 0 Å². The summed E-state index contributed by atoms with van der Waals surface area (Å²) in [5.74, 6) is 0. The van der Waals surface area contributed by atoms with Gasteiger partial charge in [0.05, 0.1) is 5.69 Å². The van der Waals surface area contributed by atoms with Gasteiger partial charge in [0, 0.05) is 50.0 Å². The predicted molar refractivity (Wildman–Crippen MR) is 146 cm³/mol. The topological polar surface area (TPSA) is 52.1 Å². The van der Waals surface area contributed by atoms with E-state index in [1.807, 2.05) is 42.6 Å². The standard InChI is InChI=1S/C32H24N2O2/c1-32(2,3)28-18-24-22-10-8-11-23(25-12-6-7-16-33-25)30(22)36-31(24)29(34-28)19-14-15-21-20-9-4-5-13-26(20)35-27(21)17-19/h4-18H,1-3H3. The zero-order chi connectivity index (χ0) is 24.4. The maximum absolute atomic E-state index is 6.63. The number of para-hydroxylation sites is 2. The van der Waals surface area contributed by atoms with Gasteiger partial charge < -0.3 is 8.83 Å². The highest BCUT2D eigenvalue weighted by atomic mass is 16.3. The summed E-state index contributed by atoms with van der Waals surface area (Å²) >= 11 is 0. The average molecular weight is 469 g/mol. The normalized spacial score (nSPS) is 12.3. The molecule has 3 aromatic carbocycles. The fourth-order valence-electron chi connectivity index (χ4n) is 4.97. The first kappa shape index (κ1) is 20.9. The van der Waals surface area contributed by atoms with E-state index in [0.29, 0.717) is 0 Å². The van der Waals surface area contributed by atoms with Crippen molar-refractivity contribution < 1.29 is 8.83 Å². The van der Waals surface area contributed by atoms with Crippen molar-refractivity contribution in [2.75, 3.05) is 0 Å². The lowest BCUT2D eigenvalue weighted by Crippen LogP contribution is -2.13. The van der Waals surface area contributed by atoms with Gasteiger partial charge >= 0.3 is 0 Å². The third-order valence-corrected chi connectivity index (χ3v) is 6.84. The molecule has 4 nitrogen and oxygen atoms in total. The molecule has 0 saturated carbocycles. The Balaban J connectivity index is 1.55. The van der Waals surface area contributed by atoms with Gasteiger partial charge in [0.2, 0.25) is 0 Å². The van der Waals surface area contributed by atoms with Crippen molar-refractivity contribution in [3.63, 3.8) is 0 Å². The third-order valence-electron chi connectivity index (χ3n) is 6.84. The van der Waals surface area contributed by atoms with Gasteiger partial charge in [0.1, 0.15) is 22.4 Å². The summed E-state index contributed by atoms with van der Waals surface area (Å²) < 4.78 is 12.8. The fraction of sp³-hybridized carbons (Fsp3) is 0.125. The number of hydrogen-bond donors (Lipinski definition) is 0. The second-order valence-corrected chi connectivity index (χ2v) is 10.3. The number of fused-ring (bicyclic) bond motifs is 6. The first-order valence-corrected chi connectivity index (χ1v) is 12.2. The molecule has 4 heterocycles. The van der Waals surface area contributed by atoms with Crippen molar-refractivity contribution >= 4 is 43.9 Å². The van der Waals surface area contributed by atoms with Crippen molar-refractivity contribution in [2.24, 2.45) is 0 Å². The summed E-state index contributed by atoms with van der Waals surface area (Å²) in [4.78, 5) is 9.72. The Morgan fingerprint density at radius 3 is 2.28 bits per heavy atom. The molecule has 7 rings (SSSR count). The van der Waals surface area contributed by atoms with E-state index in [1.54, 1.807) is 0 Å². The van der Waals surface area contributed by atoms with Crippen LogP contribution in [0.25, 0.3) is 66.4 Å². The fourth-order valence-corrected chi connectivity index (χ4v) is 4.97. The lowest BCUT2D eigenvalue weighted by Gasteiger charge is -2.19. The molecule has 4 heteroatoms. The van der Waals surface area contributed by atoms with Gasteiger partial charge in [-0.05, 0) is 42.5 Å². The Kier molecular flexibility index (Phi) is 4.37. The van der Waals surface area contributed by atoms with Crippen LogP contribution in [0.5, 0.6) is 0 Å². The summed E-state index contributed by atoms with van der Waals surface area (Å²) in [6, 6.07) is 28.8. The van der Waals surface area contributed by atoms with E-state index in [9.17, 15) is 0 Å². The number of nitrogens with zero attached hydrogens (tertiary/aromatic N) is 2. The van der Waals surface area contributed by atoms with E-state index in [2.05, 4.69) is 74.3 Å². The first-order chi connectivity index (χ1) is 17.5. The van der Waals surface area contributed by atoms with E-state index in [-0.39, 0.29) is 5.41 Å². The van der Waals surface area contributed by atoms with E-state index >= 15 is 0 Å². The van der Waals surface area contributed by atoms with Gasteiger partial charge in [-0.2, -0.15) is 0 Å². The molecule has 7 aromatic rings. The monoisotopic (exact) mass is 468 g/mol. The molecule has 0 spiro atoms. The minimum absolute atomic E-state index is 0.130. The molecule has 0 aliphatic heterocycles. The van der Waals surface area contributed by atoms with Gasteiger partial charge in [0.15, 0.2) is 5.58 Å². The molecule has 4 aromatic heterocycles. The van der Waals surface area contributed by atoms with Gasteiger partial charge in [-0.15, -0.1) is 0 Å². The number of pyridine rings is 2. The molecule has 0 amide bonds. The lowest BCUT2D eigenvalue weighted by atomic mass is 9.90. The highest BCUT2D eigenvalue weighted by Crippen LogP contribution is 2.41. The van der Waals surface area contributed by atoms with Crippen molar-refractivity contribution in [2.45, 2.75) is 26.2 Å². The van der Waals surface area contributed by atoms with Crippen molar-refractivity contribution in [3.8, 4) is 22.5 Å². The predicted octanol–water partition coefficient (Wildman–Crippen LogP) is 8.91. The summed E-state index contributed by atoms with van der Waals surface area (Å²) in [6.07, 6.45) is 1.81. The molecule has 174 valence electrons. The quantitative estimate of drug-likeness (QED) is 0.254. The number of rotatable bonds is 2. The molecule has 0 aliphatic rings. The summed E-state index contributed by atoms with van der Waals surface area (Å²) in [7, 11) is 0. The second-order valence-electron chi connectivity index (χ2n) is 10.3. The molecular weight excluding hydrogens is 444 g/mol. The first-order valence-electron chi connectivity index (χ1n) is 12.2. The van der Waals surface area contributed by atoms with E-state index in [1.165, 1.54) is 0 Å². The molecule has 0 saturated heterocycles. The highest BCUT2D eigenvalue weighted by Gasteiger charge is 2.23. The smallest absolute Gasteiger partial charge is 0.161 e. The zero-order valence-corrected chi connectivity index (χ0v) is 20.4. The molecule has 0 fully saturated rings. The minimum atomic E-state index is -0.130. The number of hydrogen-bond acceptors (Lipinski definition) is 4. The van der Waals surface area contributed by atoms with E-state index in [0.717, 1.165) is 72.1 Å². The Bertz CT molecular complexity index is 1920. The maximum atomic E-state index is 6.63. The van der Waals surface area contributed by atoms with Crippen LogP contribution in [0.3, 0.4) is 0 Å². The van der Waals surface area contributed by atoms with Gasteiger partial charge in [0.25, 0.3) is 0 Å². The molecule has 0 atom stereocenters. The van der Waals surface area contributed by atoms with Gasteiger partial charge in [-0.25, -0.2) is 4.98 Å². The number of aromatic nitrogens is 2. The molecule has 0 N–H and O–H groups in total. The second kappa shape index (κ2) is 7.53. The minimum Gasteiger partial charge on any atom is -0.456 e. The van der Waals surface area contributed by atoms with Crippen LogP contribution in [0.2, 0.25) is 0 Å². The molecule has 0 bridgehead atoms. The van der Waals surface area contributed by atoms with Crippen LogP contribution in [0.15, 0.2) is 100.0 Å². The van der Waals surface area contributed by atoms with Crippen LogP contribution >= 0.6 is 0 Å². The largest absolute Gasteiger partial charge is 0.456 e.